The minimum Gasteiger partial charge on any atom is -0.352 e. The first kappa shape index (κ1) is 16.5. The topological polar surface area (TPSA) is 87.5 Å². The van der Waals surface area contributed by atoms with Crippen LogP contribution in [0.15, 0.2) is 18.2 Å². The van der Waals surface area contributed by atoms with E-state index in [9.17, 15) is 9.59 Å². The molecule has 21 heavy (non-hydrogen) atoms. The van der Waals surface area contributed by atoms with Gasteiger partial charge >= 0.3 is 6.03 Å². The number of nitrogens with one attached hydrogen (secondary N) is 2. The molecule has 0 spiro atoms. The van der Waals surface area contributed by atoms with Crippen molar-refractivity contribution in [1.82, 2.24) is 10.2 Å². The van der Waals surface area contributed by atoms with Gasteiger partial charge in [-0.25, -0.2) is 4.79 Å². The molecule has 0 aliphatic rings. The van der Waals surface area contributed by atoms with Crippen LogP contribution in [0.4, 0.5) is 10.5 Å². The number of hydrogen-bond acceptors (Lipinski definition) is 3. The highest BCUT2D eigenvalue weighted by molar-refractivity contribution is 5.96. The summed E-state index contributed by atoms with van der Waals surface area (Å²) in [6.07, 6.45) is 6.23. The first-order valence-corrected chi connectivity index (χ1v) is 6.54. The van der Waals surface area contributed by atoms with Crippen LogP contribution in [0.25, 0.3) is 0 Å². The van der Waals surface area contributed by atoms with E-state index in [1.54, 1.807) is 18.2 Å². The predicted octanol–water partition coefficient (Wildman–Crippen LogP) is 0.840. The average Bonchev–Trinajstić information content (AvgIpc) is 2.43. The molecule has 3 amide bonds. The van der Waals surface area contributed by atoms with Gasteiger partial charge < -0.3 is 21.3 Å². The number of primary amides is 1. The molecule has 6 heteroatoms. The second-order valence-electron chi connectivity index (χ2n) is 4.81. The lowest BCUT2D eigenvalue weighted by Gasteiger charge is -2.11. The molecular weight excluding hydrogens is 268 g/mol. The summed E-state index contributed by atoms with van der Waals surface area (Å²) in [6.45, 7) is 1.49. The summed E-state index contributed by atoms with van der Waals surface area (Å²) in [5.74, 6) is 2.22. The maximum absolute atomic E-state index is 12.0. The smallest absolute Gasteiger partial charge is 0.316 e. The molecule has 6 nitrogen and oxygen atoms in total. The lowest BCUT2D eigenvalue weighted by Crippen LogP contribution is -2.27. The monoisotopic (exact) mass is 288 g/mol. The van der Waals surface area contributed by atoms with Crippen molar-refractivity contribution in [2.45, 2.75) is 6.42 Å². The molecule has 1 aromatic carbocycles. The standard InChI is InChI=1S/C15H20N4O2/c1-4-11-10-12(6-7-13(11)18-15(16)21)14(20)17-8-5-9-19(2)3/h1,6-7,10H,5,8-9H2,2-3H3,(H,17,20)(H3,16,18,21). The zero-order chi connectivity index (χ0) is 15.8. The number of amides is 3. The maximum Gasteiger partial charge on any atom is 0.316 e. The maximum atomic E-state index is 12.0. The van der Waals surface area contributed by atoms with Crippen LogP contribution in [-0.4, -0.2) is 44.0 Å². The number of urea groups is 1. The van der Waals surface area contributed by atoms with Crippen molar-refractivity contribution < 1.29 is 9.59 Å². The van der Waals surface area contributed by atoms with Gasteiger partial charge in [0.2, 0.25) is 0 Å². The van der Waals surface area contributed by atoms with E-state index in [2.05, 4.69) is 16.6 Å². The Morgan fingerprint density at radius 2 is 2.10 bits per heavy atom. The van der Waals surface area contributed by atoms with E-state index in [0.717, 1.165) is 13.0 Å². The number of carbonyl (C=O) groups is 2. The largest absolute Gasteiger partial charge is 0.352 e. The number of rotatable bonds is 6. The highest BCUT2D eigenvalue weighted by Gasteiger charge is 2.09. The summed E-state index contributed by atoms with van der Waals surface area (Å²) < 4.78 is 0. The van der Waals surface area contributed by atoms with Gasteiger partial charge in [0.15, 0.2) is 0 Å². The number of hydrogen-bond donors (Lipinski definition) is 3. The van der Waals surface area contributed by atoms with Crippen molar-refractivity contribution in [3.8, 4) is 12.3 Å². The number of nitrogens with zero attached hydrogens (tertiary/aromatic N) is 1. The molecule has 0 fully saturated rings. The van der Waals surface area contributed by atoms with Crippen LogP contribution in [0.5, 0.6) is 0 Å². The van der Waals surface area contributed by atoms with Crippen LogP contribution in [0.3, 0.4) is 0 Å². The molecule has 1 rings (SSSR count). The first-order chi connectivity index (χ1) is 9.93. The highest BCUT2D eigenvalue weighted by atomic mass is 16.2. The van der Waals surface area contributed by atoms with Crippen LogP contribution >= 0.6 is 0 Å². The van der Waals surface area contributed by atoms with Crippen LogP contribution < -0.4 is 16.4 Å². The Labute approximate surface area is 124 Å². The highest BCUT2D eigenvalue weighted by Crippen LogP contribution is 2.16. The molecular formula is C15H20N4O2. The Bertz CT molecular complexity index is 561. The fourth-order valence-corrected chi connectivity index (χ4v) is 1.75. The van der Waals surface area contributed by atoms with Crippen molar-refractivity contribution in [3.63, 3.8) is 0 Å². The molecule has 0 heterocycles. The van der Waals surface area contributed by atoms with Crippen molar-refractivity contribution in [3.05, 3.63) is 29.3 Å². The SMILES string of the molecule is C#Cc1cc(C(=O)NCCCN(C)C)ccc1NC(N)=O. The molecule has 0 aliphatic heterocycles. The van der Waals surface area contributed by atoms with Gasteiger partial charge in [-0.2, -0.15) is 0 Å². The molecule has 0 aromatic heterocycles. The predicted molar refractivity (Wildman–Crippen MR) is 83.1 cm³/mol. The van der Waals surface area contributed by atoms with Crippen molar-refractivity contribution in [2.24, 2.45) is 5.73 Å². The number of carbonyl (C=O) groups excluding carboxylic acids is 2. The number of benzene rings is 1. The third kappa shape index (κ3) is 5.55. The van der Waals surface area contributed by atoms with E-state index in [-0.39, 0.29) is 5.91 Å². The van der Waals surface area contributed by atoms with Crippen molar-refractivity contribution >= 4 is 17.6 Å². The number of anilines is 1. The summed E-state index contributed by atoms with van der Waals surface area (Å²) in [4.78, 5) is 24.9. The van der Waals surface area contributed by atoms with Gasteiger partial charge in [-0.1, -0.05) is 5.92 Å². The van der Waals surface area contributed by atoms with Crippen molar-refractivity contribution in [2.75, 3.05) is 32.5 Å². The Hall–Kier alpha value is -2.52. The summed E-state index contributed by atoms with van der Waals surface area (Å²) >= 11 is 0. The summed E-state index contributed by atoms with van der Waals surface area (Å²) in [6, 6.07) is 4.00. The van der Waals surface area contributed by atoms with Gasteiger partial charge in [0.05, 0.1) is 5.69 Å². The summed E-state index contributed by atoms with van der Waals surface area (Å²) in [7, 11) is 3.96. The van der Waals surface area contributed by atoms with E-state index in [1.165, 1.54) is 0 Å². The molecule has 0 aliphatic carbocycles. The van der Waals surface area contributed by atoms with Gasteiger partial charge in [0, 0.05) is 17.7 Å². The van der Waals surface area contributed by atoms with Crippen molar-refractivity contribution in [1.29, 1.82) is 0 Å². The van der Waals surface area contributed by atoms with Gasteiger partial charge in [-0.3, -0.25) is 4.79 Å². The molecule has 0 radical (unpaired) electrons. The normalized spacial score (nSPS) is 10.0. The second-order valence-corrected chi connectivity index (χ2v) is 4.81. The van der Waals surface area contributed by atoms with E-state index >= 15 is 0 Å². The van der Waals surface area contributed by atoms with E-state index < -0.39 is 6.03 Å². The zero-order valence-corrected chi connectivity index (χ0v) is 12.3. The van der Waals surface area contributed by atoms with Crippen LogP contribution in [0.1, 0.15) is 22.3 Å². The second kappa shape index (κ2) is 7.92. The number of nitrogens with two attached hydrogens (primary N) is 1. The summed E-state index contributed by atoms with van der Waals surface area (Å²) in [5.41, 5.74) is 6.32. The Morgan fingerprint density at radius 1 is 1.38 bits per heavy atom. The van der Waals surface area contributed by atoms with Gasteiger partial charge in [-0.15, -0.1) is 6.42 Å². The molecule has 0 saturated carbocycles. The fraction of sp³-hybridized carbons (Fsp3) is 0.333. The van der Waals surface area contributed by atoms with Gasteiger partial charge in [0.1, 0.15) is 0 Å². The third-order valence-corrected chi connectivity index (χ3v) is 2.76. The zero-order valence-electron chi connectivity index (χ0n) is 12.3. The quantitative estimate of drug-likeness (QED) is 0.535. The third-order valence-electron chi connectivity index (χ3n) is 2.76. The Morgan fingerprint density at radius 3 is 2.67 bits per heavy atom. The summed E-state index contributed by atoms with van der Waals surface area (Å²) in [5, 5.41) is 5.23. The van der Waals surface area contributed by atoms with Crippen LogP contribution in [0.2, 0.25) is 0 Å². The number of terminal acetylenes is 1. The van der Waals surface area contributed by atoms with Gasteiger partial charge in [-0.05, 0) is 45.3 Å². The minimum absolute atomic E-state index is 0.198. The average molecular weight is 288 g/mol. The van der Waals surface area contributed by atoms with E-state index in [0.29, 0.717) is 23.4 Å². The molecule has 0 unspecified atom stereocenters. The Balaban J connectivity index is 2.69. The lowest BCUT2D eigenvalue weighted by molar-refractivity contribution is 0.0952. The van der Waals surface area contributed by atoms with Crippen LogP contribution in [-0.2, 0) is 0 Å². The fourth-order valence-electron chi connectivity index (χ4n) is 1.75. The minimum atomic E-state index is -0.701. The first-order valence-electron chi connectivity index (χ1n) is 6.54. The molecule has 4 N–H and O–H groups in total. The van der Waals surface area contributed by atoms with E-state index in [4.69, 9.17) is 12.2 Å². The molecule has 112 valence electrons. The molecule has 0 atom stereocenters. The molecule has 1 aromatic rings. The molecule has 0 bridgehead atoms. The molecule has 0 saturated heterocycles. The lowest BCUT2D eigenvalue weighted by atomic mass is 10.1. The van der Waals surface area contributed by atoms with E-state index in [1.807, 2.05) is 19.0 Å². The van der Waals surface area contributed by atoms with Gasteiger partial charge in [0.25, 0.3) is 5.91 Å². The Kier molecular flexibility index (Phi) is 6.24. The van der Waals surface area contributed by atoms with Crippen LogP contribution in [0, 0.1) is 12.3 Å².